The van der Waals surface area contributed by atoms with Crippen LogP contribution in [0.15, 0.2) is 52.6 Å². The fourth-order valence-corrected chi connectivity index (χ4v) is 3.17. The van der Waals surface area contributed by atoms with Crippen molar-refractivity contribution < 1.29 is 19.1 Å². The number of hydrogen-bond acceptors (Lipinski definition) is 4. The SMILES string of the molecule is CCCN1C(=O)N/C(=C/c2ccc(OCc3ccc(Br)cc3)c(OCC)c2)C1=O. The van der Waals surface area contributed by atoms with Gasteiger partial charge in [0.1, 0.15) is 12.3 Å². The molecule has 0 aromatic heterocycles. The Bertz CT molecular complexity index is 925. The van der Waals surface area contributed by atoms with Crippen LogP contribution in [0.3, 0.4) is 0 Å². The highest BCUT2D eigenvalue weighted by Gasteiger charge is 2.32. The standard InChI is InChI=1S/C22H23BrN2O4/c1-3-11-25-21(26)18(24-22(25)27)12-16-7-10-19(20(13-16)28-4-2)29-14-15-5-8-17(23)9-6-15/h5-10,12-13H,3-4,11,14H2,1-2H3,(H,24,27)/b18-12+. The third kappa shape index (κ3) is 5.17. The van der Waals surface area contributed by atoms with Gasteiger partial charge < -0.3 is 14.8 Å². The van der Waals surface area contributed by atoms with Gasteiger partial charge in [0.2, 0.25) is 0 Å². The largest absolute Gasteiger partial charge is 0.490 e. The predicted octanol–water partition coefficient (Wildman–Crippen LogP) is 4.73. The van der Waals surface area contributed by atoms with Crippen molar-refractivity contribution in [3.8, 4) is 11.5 Å². The third-order valence-electron chi connectivity index (χ3n) is 4.30. The van der Waals surface area contributed by atoms with E-state index in [1.54, 1.807) is 18.2 Å². The number of rotatable bonds is 8. The molecule has 0 radical (unpaired) electrons. The van der Waals surface area contributed by atoms with Crippen molar-refractivity contribution >= 4 is 33.9 Å². The van der Waals surface area contributed by atoms with E-state index in [9.17, 15) is 9.59 Å². The number of hydrogen-bond donors (Lipinski definition) is 1. The molecule has 6 nitrogen and oxygen atoms in total. The molecule has 1 fully saturated rings. The van der Waals surface area contributed by atoms with E-state index < -0.39 is 0 Å². The van der Waals surface area contributed by atoms with Gasteiger partial charge in [0.15, 0.2) is 11.5 Å². The molecular weight excluding hydrogens is 436 g/mol. The summed E-state index contributed by atoms with van der Waals surface area (Å²) in [5.74, 6) is 0.887. The van der Waals surface area contributed by atoms with Crippen molar-refractivity contribution in [2.45, 2.75) is 26.9 Å². The first kappa shape index (κ1) is 20.9. The van der Waals surface area contributed by atoms with Crippen molar-refractivity contribution in [1.82, 2.24) is 10.2 Å². The highest BCUT2D eigenvalue weighted by molar-refractivity contribution is 9.10. The molecule has 1 aliphatic heterocycles. The van der Waals surface area contributed by atoms with Gasteiger partial charge in [-0.15, -0.1) is 0 Å². The molecule has 3 rings (SSSR count). The van der Waals surface area contributed by atoms with Crippen LogP contribution in [-0.4, -0.2) is 30.0 Å². The number of nitrogens with one attached hydrogen (secondary N) is 1. The number of halogens is 1. The lowest BCUT2D eigenvalue weighted by Crippen LogP contribution is -2.31. The Hall–Kier alpha value is -2.80. The predicted molar refractivity (Wildman–Crippen MR) is 115 cm³/mol. The molecule has 0 unspecified atom stereocenters. The zero-order valence-electron chi connectivity index (χ0n) is 16.4. The van der Waals surface area contributed by atoms with Gasteiger partial charge in [0.25, 0.3) is 5.91 Å². The van der Waals surface area contributed by atoms with Gasteiger partial charge >= 0.3 is 6.03 Å². The number of amides is 3. The van der Waals surface area contributed by atoms with E-state index in [-0.39, 0.29) is 17.6 Å². The van der Waals surface area contributed by atoms with Crippen LogP contribution in [0.1, 0.15) is 31.4 Å². The van der Waals surface area contributed by atoms with Crippen molar-refractivity contribution in [3.05, 3.63) is 63.8 Å². The van der Waals surface area contributed by atoms with Crippen molar-refractivity contribution in [2.75, 3.05) is 13.2 Å². The lowest BCUT2D eigenvalue weighted by Gasteiger charge is -2.13. The first-order chi connectivity index (χ1) is 14.0. The molecule has 7 heteroatoms. The molecule has 1 N–H and O–H groups in total. The Balaban J connectivity index is 1.77. The Kier molecular flexibility index (Phi) is 6.93. The maximum absolute atomic E-state index is 12.4. The van der Waals surface area contributed by atoms with Gasteiger partial charge in [-0.25, -0.2) is 4.79 Å². The molecule has 0 atom stereocenters. The molecule has 0 spiro atoms. The van der Waals surface area contributed by atoms with Crippen LogP contribution in [0.4, 0.5) is 4.79 Å². The van der Waals surface area contributed by atoms with E-state index in [1.165, 1.54) is 4.90 Å². The molecule has 0 aliphatic carbocycles. The molecule has 1 aliphatic rings. The minimum absolute atomic E-state index is 0.259. The molecule has 0 bridgehead atoms. The second-order valence-electron chi connectivity index (χ2n) is 6.50. The van der Waals surface area contributed by atoms with Gasteiger partial charge in [-0.2, -0.15) is 0 Å². The van der Waals surface area contributed by atoms with E-state index in [0.29, 0.717) is 37.7 Å². The van der Waals surface area contributed by atoms with Gasteiger partial charge in [-0.1, -0.05) is 41.1 Å². The minimum Gasteiger partial charge on any atom is -0.490 e. The van der Waals surface area contributed by atoms with Crippen LogP contribution in [0.2, 0.25) is 0 Å². The molecule has 2 aromatic carbocycles. The van der Waals surface area contributed by atoms with Crippen molar-refractivity contribution in [1.29, 1.82) is 0 Å². The average Bonchev–Trinajstić information content (AvgIpc) is 2.97. The molecule has 29 heavy (non-hydrogen) atoms. The zero-order chi connectivity index (χ0) is 20.8. The smallest absolute Gasteiger partial charge is 0.329 e. The number of imide groups is 1. The minimum atomic E-state index is -0.386. The van der Waals surface area contributed by atoms with Crippen LogP contribution in [0.25, 0.3) is 6.08 Å². The number of urea groups is 1. The number of carbonyl (C=O) groups excluding carboxylic acids is 2. The van der Waals surface area contributed by atoms with Gasteiger partial charge in [-0.3, -0.25) is 9.69 Å². The van der Waals surface area contributed by atoms with Crippen LogP contribution < -0.4 is 14.8 Å². The monoisotopic (exact) mass is 458 g/mol. The fraction of sp³-hybridized carbons (Fsp3) is 0.273. The third-order valence-corrected chi connectivity index (χ3v) is 4.82. The molecule has 3 amide bonds. The lowest BCUT2D eigenvalue weighted by atomic mass is 10.1. The molecular formula is C22H23BrN2O4. The lowest BCUT2D eigenvalue weighted by molar-refractivity contribution is -0.122. The Morgan fingerprint density at radius 1 is 1.03 bits per heavy atom. The summed E-state index contributed by atoms with van der Waals surface area (Å²) < 4.78 is 12.6. The summed E-state index contributed by atoms with van der Waals surface area (Å²) in [4.78, 5) is 25.5. The second-order valence-corrected chi connectivity index (χ2v) is 7.41. The highest BCUT2D eigenvalue weighted by Crippen LogP contribution is 2.30. The van der Waals surface area contributed by atoms with Crippen molar-refractivity contribution in [3.63, 3.8) is 0 Å². The first-order valence-electron chi connectivity index (χ1n) is 9.50. The molecule has 0 saturated carbocycles. The number of ether oxygens (including phenoxy) is 2. The normalized spacial score (nSPS) is 15.0. The van der Waals surface area contributed by atoms with E-state index in [1.807, 2.05) is 44.2 Å². The first-order valence-corrected chi connectivity index (χ1v) is 10.3. The summed E-state index contributed by atoms with van der Waals surface area (Å²) >= 11 is 3.42. The summed E-state index contributed by atoms with van der Waals surface area (Å²) in [6, 6.07) is 12.9. The molecule has 2 aromatic rings. The van der Waals surface area contributed by atoms with Crippen LogP contribution in [-0.2, 0) is 11.4 Å². The Labute approximate surface area is 178 Å². The summed E-state index contributed by atoms with van der Waals surface area (Å²) in [6.45, 7) is 5.11. The zero-order valence-corrected chi connectivity index (χ0v) is 18.0. The summed E-state index contributed by atoms with van der Waals surface area (Å²) in [5, 5.41) is 2.63. The van der Waals surface area contributed by atoms with Crippen LogP contribution in [0, 0.1) is 0 Å². The van der Waals surface area contributed by atoms with Crippen LogP contribution in [0.5, 0.6) is 11.5 Å². The second kappa shape index (κ2) is 9.60. The topological polar surface area (TPSA) is 67.9 Å². The van der Waals surface area contributed by atoms with Crippen molar-refractivity contribution in [2.24, 2.45) is 0 Å². The van der Waals surface area contributed by atoms with Gasteiger partial charge in [-0.05, 0) is 54.8 Å². The quantitative estimate of drug-likeness (QED) is 0.458. The summed E-state index contributed by atoms with van der Waals surface area (Å²) in [5.41, 5.74) is 2.04. The number of nitrogens with zero attached hydrogens (tertiary/aromatic N) is 1. The van der Waals surface area contributed by atoms with Crippen LogP contribution >= 0.6 is 15.9 Å². The summed E-state index contributed by atoms with van der Waals surface area (Å²) in [6.07, 6.45) is 2.36. The van der Waals surface area contributed by atoms with E-state index in [4.69, 9.17) is 9.47 Å². The molecule has 1 saturated heterocycles. The number of benzene rings is 2. The Morgan fingerprint density at radius 3 is 2.48 bits per heavy atom. The molecule has 152 valence electrons. The van der Waals surface area contributed by atoms with E-state index >= 15 is 0 Å². The van der Waals surface area contributed by atoms with Gasteiger partial charge in [0.05, 0.1) is 6.61 Å². The average molecular weight is 459 g/mol. The van der Waals surface area contributed by atoms with E-state index in [0.717, 1.165) is 15.6 Å². The maximum Gasteiger partial charge on any atom is 0.329 e. The Morgan fingerprint density at radius 2 is 1.79 bits per heavy atom. The van der Waals surface area contributed by atoms with E-state index in [2.05, 4.69) is 21.2 Å². The van der Waals surface area contributed by atoms with Gasteiger partial charge in [0, 0.05) is 11.0 Å². The highest BCUT2D eigenvalue weighted by atomic mass is 79.9. The maximum atomic E-state index is 12.4. The summed E-state index contributed by atoms with van der Waals surface area (Å²) in [7, 11) is 0. The number of carbonyl (C=O) groups is 2. The fourth-order valence-electron chi connectivity index (χ4n) is 2.91. The molecule has 1 heterocycles.